The van der Waals surface area contributed by atoms with Gasteiger partial charge in [0, 0.05) is 10.9 Å². The fourth-order valence-electron chi connectivity index (χ4n) is 3.66. The maximum absolute atomic E-state index is 4.61. The van der Waals surface area contributed by atoms with Crippen LogP contribution in [0, 0.1) is 24.7 Å². The van der Waals surface area contributed by atoms with Gasteiger partial charge in [0.2, 0.25) is 0 Å². The molecule has 3 heteroatoms. The molecule has 0 atom stereocenters. The molecule has 0 aromatic carbocycles. The molecule has 18 heavy (non-hydrogen) atoms. The Hall–Kier alpha value is -0.570. The van der Waals surface area contributed by atoms with E-state index in [1.807, 2.05) is 0 Å². The molecule has 1 aliphatic rings. The fourth-order valence-corrected chi connectivity index (χ4v) is 4.55. The molecule has 2 nitrogen and oxygen atoms in total. The van der Waals surface area contributed by atoms with E-state index in [4.69, 9.17) is 0 Å². The van der Waals surface area contributed by atoms with E-state index in [0.717, 1.165) is 10.8 Å². The third-order valence-corrected chi connectivity index (χ3v) is 4.92. The number of rotatable bonds is 2. The topological polar surface area (TPSA) is 24.9 Å². The molecule has 1 aliphatic carbocycles. The minimum absolute atomic E-state index is 0.431. The van der Waals surface area contributed by atoms with Gasteiger partial charge in [-0.1, -0.05) is 27.7 Å². The second kappa shape index (κ2) is 4.52. The molecule has 1 fully saturated rings. The maximum Gasteiger partial charge on any atom is 0.183 e. The largest absolute Gasteiger partial charge is 0.359 e. The summed E-state index contributed by atoms with van der Waals surface area (Å²) in [5.74, 6) is 0. The van der Waals surface area contributed by atoms with Crippen LogP contribution in [0.15, 0.2) is 0 Å². The van der Waals surface area contributed by atoms with E-state index in [1.54, 1.807) is 11.3 Å². The second-order valence-electron chi connectivity index (χ2n) is 7.42. The van der Waals surface area contributed by atoms with Gasteiger partial charge in [-0.15, -0.1) is 11.3 Å². The first-order chi connectivity index (χ1) is 8.17. The average molecular weight is 266 g/mol. The van der Waals surface area contributed by atoms with Crippen LogP contribution in [0.5, 0.6) is 0 Å². The monoisotopic (exact) mass is 266 g/mol. The second-order valence-corrected chi connectivity index (χ2v) is 8.62. The number of hydrogen-bond donors (Lipinski definition) is 1. The predicted molar refractivity (Wildman–Crippen MR) is 80.4 cm³/mol. The van der Waals surface area contributed by atoms with Crippen molar-refractivity contribution in [3.05, 3.63) is 10.6 Å². The van der Waals surface area contributed by atoms with Crippen molar-refractivity contribution < 1.29 is 0 Å². The van der Waals surface area contributed by atoms with Crippen molar-refractivity contribution in [2.24, 2.45) is 10.8 Å². The van der Waals surface area contributed by atoms with Crippen molar-refractivity contribution in [1.29, 1.82) is 0 Å². The van der Waals surface area contributed by atoms with E-state index in [1.165, 1.54) is 24.1 Å². The standard InChI is InChI=1S/C15H26N2S/c1-10-11(2)18-13(16-10)17-12-7-14(3,4)9-15(5,6)8-12/h12H,7-9H2,1-6H3,(H,16,17). The van der Waals surface area contributed by atoms with Crippen LogP contribution in [0.2, 0.25) is 0 Å². The number of nitrogens with one attached hydrogen (secondary N) is 1. The van der Waals surface area contributed by atoms with Gasteiger partial charge in [0.25, 0.3) is 0 Å². The van der Waals surface area contributed by atoms with Crippen LogP contribution in [0.4, 0.5) is 5.13 Å². The smallest absolute Gasteiger partial charge is 0.183 e. The Balaban J connectivity index is 2.09. The molecule has 0 saturated heterocycles. The SMILES string of the molecule is Cc1nc(NC2CC(C)(C)CC(C)(C)C2)sc1C. The van der Waals surface area contributed by atoms with E-state index < -0.39 is 0 Å². The zero-order valence-corrected chi connectivity index (χ0v) is 13.4. The Labute approximate surface area is 115 Å². The van der Waals surface area contributed by atoms with Crippen molar-refractivity contribution in [2.45, 2.75) is 66.8 Å². The predicted octanol–water partition coefficient (Wildman–Crippen LogP) is 4.78. The zero-order chi connectivity index (χ0) is 13.6. The molecule has 0 amide bonds. The van der Waals surface area contributed by atoms with E-state index >= 15 is 0 Å². The minimum atomic E-state index is 0.431. The highest BCUT2D eigenvalue weighted by Crippen LogP contribution is 2.46. The van der Waals surface area contributed by atoms with Crippen LogP contribution in [0.3, 0.4) is 0 Å². The van der Waals surface area contributed by atoms with Crippen LogP contribution < -0.4 is 5.32 Å². The molecule has 2 rings (SSSR count). The number of anilines is 1. The van der Waals surface area contributed by atoms with Gasteiger partial charge in [-0.25, -0.2) is 4.98 Å². The molecule has 0 unspecified atom stereocenters. The number of nitrogens with zero attached hydrogens (tertiary/aromatic N) is 1. The van der Waals surface area contributed by atoms with Crippen molar-refractivity contribution >= 4 is 16.5 Å². The Morgan fingerprint density at radius 1 is 1.11 bits per heavy atom. The highest BCUT2D eigenvalue weighted by atomic mass is 32.1. The van der Waals surface area contributed by atoms with Crippen LogP contribution in [0.25, 0.3) is 0 Å². The molecule has 0 bridgehead atoms. The lowest BCUT2D eigenvalue weighted by molar-refractivity contribution is 0.105. The van der Waals surface area contributed by atoms with Gasteiger partial charge in [-0.3, -0.25) is 0 Å². The Morgan fingerprint density at radius 3 is 2.11 bits per heavy atom. The molecule has 0 spiro atoms. The fraction of sp³-hybridized carbons (Fsp3) is 0.800. The lowest BCUT2D eigenvalue weighted by Crippen LogP contribution is -2.40. The van der Waals surface area contributed by atoms with E-state index in [-0.39, 0.29) is 0 Å². The lowest BCUT2D eigenvalue weighted by atomic mass is 9.63. The molecule has 0 aliphatic heterocycles. The molecule has 1 N–H and O–H groups in total. The maximum atomic E-state index is 4.61. The molecule has 1 heterocycles. The molecular weight excluding hydrogens is 240 g/mol. The lowest BCUT2D eigenvalue weighted by Gasteiger charge is -2.45. The molecule has 1 saturated carbocycles. The molecule has 102 valence electrons. The van der Waals surface area contributed by atoms with Crippen molar-refractivity contribution in [2.75, 3.05) is 5.32 Å². The number of hydrogen-bond acceptors (Lipinski definition) is 3. The first-order valence-electron chi connectivity index (χ1n) is 6.87. The summed E-state index contributed by atoms with van der Waals surface area (Å²) < 4.78 is 0. The van der Waals surface area contributed by atoms with Crippen LogP contribution >= 0.6 is 11.3 Å². The zero-order valence-electron chi connectivity index (χ0n) is 12.6. The summed E-state index contributed by atoms with van der Waals surface area (Å²) in [5, 5.41) is 4.76. The Kier molecular flexibility index (Phi) is 3.48. The molecule has 1 aromatic rings. The summed E-state index contributed by atoms with van der Waals surface area (Å²) in [6.45, 7) is 13.8. The minimum Gasteiger partial charge on any atom is -0.359 e. The summed E-state index contributed by atoms with van der Waals surface area (Å²) in [4.78, 5) is 5.93. The Morgan fingerprint density at radius 2 is 1.67 bits per heavy atom. The van der Waals surface area contributed by atoms with Gasteiger partial charge in [-0.05, 0) is 43.9 Å². The first-order valence-corrected chi connectivity index (χ1v) is 7.69. The summed E-state index contributed by atoms with van der Waals surface area (Å²) in [6, 6.07) is 0.564. The highest BCUT2D eigenvalue weighted by Gasteiger charge is 2.38. The van der Waals surface area contributed by atoms with Gasteiger partial charge < -0.3 is 5.32 Å². The summed E-state index contributed by atoms with van der Waals surface area (Å²) in [5.41, 5.74) is 2.03. The van der Waals surface area contributed by atoms with Gasteiger partial charge in [0.05, 0.1) is 5.69 Å². The number of thiazole rings is 1. The Bertz CT molecular complexity index is 396. The summed E-state index contributed by atoms with van der Waals surface area (Å²) >= 11 is 1.79. The third kappa shape index (κ3) is 3.25. The van der Waals surface area contributed by atoms with E-state index in [2.05, 4.69) is 51.8 Å². The quantitative estimate of drug-likeness (QED) is 0.833. The van der Waals surface area contributed by atoms with Crippen molar-refractivity contribution in [3.8, 4) is 0 Å². The normalized spacial score (nSPS) is 23.0. The van der Waals surface area contributed by atoms with Crippen molar-refractivity contribution in [3.63, 3.8) is 0 Å². The van der Waals surface area contributed by atoms with Crippen molar-refractivity contribution in [1.82, 2.24) is 4.98 Å². The van der Waals surface area contributed by atoms with E-state index in [0.29, 0.717) is 16.9 Å². The molecule has 1 aromatic heterocycles. The molecule has 0 radical (unpaired) electrons. The van der Waals surface area contributed by atoms with Crippen LogP contribution in [-0.4, -0.2) is 11.0 Å². The van der Waals surface area contributed by atoms with Gasteiger partial charge in [0.1, 0.15) is 0 Å². The van der Waals surface area contributed by atoms with Gasteiger partial charge >= 0.3 is 0 Å². The molecular formula is C15H26N2S. The summed E-state index contributed by atoms with van der Waals surface area (Å²) in [6.07, 6.45) is 3.80. The van der Waals surface area contributed by atoms with E-state index in [9.17, 15) is 0 Å². The number of aromatic nitrogens is 1. The third-order valence-electron chi connectivity index (χ3n) is 3.91. The average Bonchev–Trinajstić information content (AvgIpc) is 2.39. The first kappa shape index (κ1) is 13.9. The van der Waals surface area contributed by atoms with Gasteiger partial charge in [-0.2, -0.15) is 0 Å². The van der Waals surface area contributed by atoms with Crippen LogP contribution in [-0.2, 0) is 0 Å². The highest BCUT2D eigenvalue weighted by molar-refractivity contribution is 7.15. The van der Waals surface area contributed by atoms with Crippen LogP contribution in [0.1, 0.15) is 57.5 Å². The van der Waals surface area contributed by atoms with Gasteiger partial charge in [0.15, 0.2) is 5.13 Å². The summed E-state index contributed by atoms with van der Waals surface area (Å²) in [7, 11) is 0. The number of aryl methyl sites for hydroxylation is 2.